The van der Waals surface area contributed by atoms with Crippen molar-refractivity contribution in [3.63, 3.8) is 0 Å². The van der Waals surface area contributed by atoms with Gasteiger partial charge in [-0.1, -0.05) is 54.6 Å². The maximum atomic E-state index is 11.6. The molecule has 0 aliphatic heterocycles. The van der Waals surface area contributed by atoms with Crippen LogP contribution in [0.15, 0.2) is 72.8 Å². The number of benzene rings is 2. The first-order valence-electron chi connectivity index (χ1n) is 9.74. The molecule has 0 amide bonds. The van der Waals surface area contributed by atoms with Crippen molar-refractivity contribution in [2.45, 2.75) is 39.1 Å². The van der Waals surface area contributed by atoms with E-state index in [-0.39, 0.29) is 6.54 Å². The molecule has 3 rings (SSSR count). The van der Waals surface area contributed by atoms with Crippen molar-refractivity contribution in [3.8, 4) is 22.9 Å². The van der Waals surface area contributed by atoms with Crippen LogP contribution in [0.1, 0.15) is 26.3 Å². The Morgan fingerprint density at radius 2 is 1.63 bits per heavy atom. The molecule has 1 aromatic heterocycles. The van der Waals surface area contributed by atoms with Gasteiger partial charge in [0.2, 0.25) is 12.1 Å². The molecule has 6 heteroatoms. The molecule has 0 aliphatic rings. The molecule has 2 N–H and O–H groups in total. The Hall–Kier alpha value is -3.38. The Balaban J connectivity index is 1.81. The molecule has 3 aromatic rings. The van der Waals surface area contributed by atoms with Crippen LogP contribution in [0.2, 0.25) is 0 Å². The molecule has 156 valence electrons. The van der Waals surface area contributed by atoms with Gasteiger partial charge in [0.05, 0.1) is 5.69 Å². The van der Waals surface area contributed by atoms with Gasteiger partial charge in [0.25, 0.3) is 0 Å². The van der Waals surface area contributed by atoms with Crippen molar-refractivity contribution in [2.75, 3.05) is 0 Å². The Bertz CT molecular complexity index is 970. The highest BCUT2D eigenvalue weighted by Crippen LogP contribution is 2.26. The normalized spacial score (nSPS) is 12.2. The number of ether oxygens (including phenoxy) is 2. The van der Waals surface area contributed by atoms with E-state index in [4.69, 9.17) is 9.47 Å². The number of para-hydroxylation sites is 1. The average Bonchev–Trinajstić information content (AvgIpc) is 2.72. The quantitative estimate of drug-likeness (QED) is 0.536. The van der Waals surface area contributed by atoms with Gasteiger partial charge in [0.1, 0.15) is 11.4 Å². The van der Waals surface area contributed by atoms with E-state index in [0.29, 0.717) is 11.6 Å². The molecule has 0 radical (unpaired) electrons. The topological polar surface area (TPSA) is 80.7 Å². The lowest BCUT2D eigenvalue weighted by Gasteiger charge is -2.23. The van der Waals surface area contributed by atoms with E-state index in [1.54, 1.807) is 24.3 Å². The third kappa shape index (κ3) is 6.06. The fraction of sp³-hybridized carbons (Fsp3) is 0.250. The minimum absolute atomic E-state index is 0.220. The molecule has 0 aliphatic carbocycles. The van der Waals surface area contributed by atoms with Crippen LogP contribution in [0.5, 0.6) is 11.6 Å². The molecule has 0 spiro atoms. The monoisotopic (exact) mass is 406 g/mol. The van der Waals surface area contributed by atoms with Crippen LogP contribution in [0.4, 0.5) is 0 Å². The number of nitrogens with one attached hydrogen (secondary N) is 1. The van der Waals surface area contributed by atoms with Crippen molar-refractivity contribution in [1.82, 2.24) is 10.3 Å². The predicted molar refractivity (Wildman–Crippen MR) is 115 cm³/mol. The molecule has 0 saturated heterocycles. The van der Waals surface area contributed by atoms with Gasteiger partial charge >= 0.3 is 5.97 Å². The number of hydrogen-bond donors (Lipinski definition) is 2. The molecule has 0 fully saturated rings. The SMILES string of the molecule is CC(C)(C)Oc1nc(-c2ccccc2)ccc1CNC(Oc1ccccc1)C(=O)O. The van der Waals surface area contributed by atoms with Crippen LogP contribution in [0, 0.1) is 0 Å². The van der Waals surface area contributed by atoms with E-state index in [1.165, 1.54) is 0 Å². The molecule has 30 heavy (non-hydrogen) atoms. The summed E-state index contributed by atoms with van der Waals surface area (Å²) in [7, 11) is 0. The molecule has 1 heterocycles. The lowest BCUT2D eigenvalue weighted by molar-refractivity contribution is -0.146. The Morgan fingerprint density at radius 1 is 1.00 bits per heavy atom. The Labute approximate surface area is 176 Å². The van der Waals surface area contributed by atoms with Gasteiger partial charge in [-0.2, -0.15) is 0 Å². The number of hydrogen-bond acceptors (Lipinski definition) is 5. The first kappa shape index (κ1) is 21.3. The van der Waals surface area contributed by atoms with E-state index in [9.17, 15) is 9.90 Å². The number of carboxylic acid groups (broad SMARTS) is 1. The number of aromatic nitrogens is 1. The largest absolute Gasteiger partial charge is 0.477 e. The number of carbonyl (C=O) groups is 1. The molecule has 0 saturated carbocycles. The molecular formula is C24H26N2O4. The fourth-order valence-electron chi connectivity index (χ4n) is 2.77. The maximum Gasteiger partial charge on any atom is 0.360 e. The van der Waals surface area contributed by atoms with Crippen LogP contribution < -0.4 is 14.8 Å². The summed E-state index contributed by atoms with van der Waals surface area (Å²) in [5, 5.41) is 12.5. The maximum absolute atomic E-state index is 11.6. The highest BCUT2D eigenvalue weighted by Gasteiger charge is 2.21. The van der Waals surface area contributed by atoms with Gasteiger partial charge in [0, 0.05) is 17.7 Å². The second-order valence-corrected chi connectivity index (χ2v) is 7.77. The van der Waals surface area contributed by atoms with E-state index >= 15 is 0 Å². The smallest absolute Gasteiger partial charge is 0.360 e. The first-order valence-corrected chi connectivity index (χ1v) is 9.74. The van der Waals surface area contributed by atoms with E-state index < -0.39 is 17.8 Å². The number of aliphatic carboxylic acids is 1. The lowest BCUT2D eigenvalue weighted by Crippen LogP contribution is -2.41. The highest BCUT2D eigenvalue weighted by atomic mass is 16.5. The second-order valence-electron chi connectivity index (χ2n) is 7.77. The molecule has 0 bridgehead atoms. The third-order valence-electron chi connectivity index (χ3n) is 4.11. The van der Waals surface area contributed by atoms with Crippen LogP contribution in [0.3, 0.4) is 0 Å². The van der Waals surface area contributed by atoms with Gasteiger partial charge in [-0.25, -0.2) is 9.78 Å². The highest BCUT2D eigenvalue weighted by molar-refractivity contribution is 5.72. The summed E-state index contributed by atoms with van der Waals surface area (Å²) in [5.41, 5.74) is 2.05. The van der Waals surface area contributed by atoms with E-state index in [2.05, 4.69) is 10.3 Å². The zero-order valence-electron chi connectivity index (χ0n) is 17.3. The summed E-state index contributed by atoms with van der Waals surface area (Å²) < 4.78 is 11.6. The van der Waals surface area contributed by atoms with Crippen molar-refractivity contribution >= 4 is 5.97 Å². The van der Waals surface area contributed by atoms with E-state index in [0.717, 1.165) is 16.8 Å². The van der Waals surface area contributed by atoms with Crippen LogP contribution in [-0.2, 0) is 11.3 Å². The first-order chi connectivity index (χ1) is 14.3. The summed E-state index contributed by atoms with van der Waals surface area (Å²) in [5.74, 6) is -0.174. The standard InChI is InChI=1S/C24H26N2O4/c1-24(2,3)30-21-18(14-15-20(26-21)17-10-6-4-7-11-17)16-25-22(23(27)28)29-19-12-8-5-9-13-19/h4-15,22,25H,16H2,1-3H3,(H,27,28). The number of carboxylic acids is 1. The van der Waals surface area contributed by atoms with Gasteiger partial charge < -0.3 is 14.6 Å². The Kier molecular flexibility index (Phi) is 6.69. The minimum Gasteiger partial charge on any atom is -0.477 e. The van der Waals surface area contributed by atoms with Crippen molar-refractivity contribution in [3.05, 3.63) is 78.4 Å². The number of nitrogens with zero attached hydrogens (tertiary/aromatic N) is 1. The van der Waals surface area contributed by atoms with E-state index in [1.807, 2.05) is 69.3 Å². The average molecular weight is 406 g/mol. The molecule has 1 atom stereocenters. The molecule has 6 nitrogen and oxygen atoms in total. The van der Waals surface area contributed by atoms with Gasteiger partial charge in [0.15, 0.2) is 0 Å². The van der Waals surface area contributed by atoms with Crippen molar-refractivity contribution < 1.29 is 19.4 Å². The lowest BCUT2D eigenvalue weighted by atomic mass is 10.1. The minimum atomic E-state index is -1.20. The molecular weight excluding hydrogens is 380 g/mol. The summed E-state index contributed by atoms with van der Waals surface area (Å²) in [6.07, 6.45) is -1.20. The van der Waals surface area contributed by atoms with Crippen LogP contribution in [-0.4, -0.2) is 27.9 Å². The summed E-state index contributed by atoms with van der Waals surface area (Å²) in [6.45, 7) is 6.05. The molecule has 1 unspecified atom stereocenters. The predicted octanol–water partition coefficient (Wildman–Crippen LogP) is 4.51. The van der Waals surface area contributed by atoms with Gasteiger partial charge in [-0.05, 0) is 39.0 Å². The molecule has 2 aromatic carbocycles. The second kappa shape index (κ2) is 9.41. The zero-order chi connectivity index (χ0) is 21.6. The van der Waals surface area contributed by atoms with Crippen molar-refractivity contribution in [2.24, 2.45) is 0 Å². The zero-order valence-corrected chi connectivity index (χ0v) is 17.3. The van der Waals surface area contributed by atoms with Crippen LogP contribution in [0.25, 0.3) is 11.3 Å². The van der Waals surface area contributed by atoms with Crippen molar-refractivity contribution in [1.29, 1.82) is 0 Å². The van der Waals surface area contributed by atoms with Gasteiger partial charge in [-0.3, -0.25) is 5.32 Å². The Morgan fingerprint density at radius 3 is 2.23 bits per heavy atom. The summed E-state index contributed by atoms with van der Waals surface area (Å²) >= 11 is 0. The summed E-state index contributed by atoms with van der Waals surface area (Å²) in [6, 6.07) is 22.4. The van der Waals surface area contributed by atoms with Crippen LogP contribution >= 0.6 is 0 Å². The number of rotatable bonds is 8. The van der Waals surface area contributed by atoms with Gasteiger partial charge in [-0.15, -0.1) is 0 Å². The number of pyridine rings is 1. The third-order valence-corrected chi connectivity index (χ3v) is 4.11. The fourth-order valence-corrected chi connectivity index (χ4v) is 2.77. The summed E-state index contributed by atoms with van der Waals surface area (Å²) in [4.78, 5) is 16.3.